The molecular weight excluding hydrogens is 102 g/mol. The van der Waals surface area contributed by atoms with Crippen LogP contribution in [0.25, 0.3) is 0 Å². The molecule has 0 fully saturated rings. The lowest BCUT2D eigenvalue weighted by Gasteiger charge is -1.57. The van der Waals surface area contributed by atoms with Gasteiger partial charge in [-0.05, 0) is 6.42 Å². The van der Waals surface area contributed by atoms with E-state index in [-0.39, 0.29) is 6.41 Å². The van der Waals surface area contributed by atoms with E-state index in [1.54, 1.807) is 0 Å². The van der Waals surface area contributed by atoms with Gasteiger partial charge in [0.05, 0.1) is 0 Å². The van der Waals surface area contributed by atoms with E-state index < -0.39 is 0 Å². The molecule has 0 spiro atoms. The summed E-state index contributed by atoms with van der Waals surface area (Å²) in [6.45, 7) is 0. The average molecular weight is 111 g/mol. The predicted molar refractivity (Wildman–Crippen MR) is 33.1 cm³/mol. The molecule has 2 nitrogen and oxygen atoms in total. The van der Waals surface area contributed by atoms with Gasteiger partial charge in [0.15, 0.2) is 0 Å². The number of carbonyl (C=O) groups is 1. The van der Waals surface area contributed by atoms with Crippen LogP contribution >= 0.6 is 0 Å². The van der Waals surface area contributed by atoms with Crippen molar-refractivity contribution in [3.8, 4) is 0 Å². The number of amides is 1. The molecule has 0 bridgehead atoms. The Hall–Kier alpha value is -1.05. The molecule has 0 saturated carbocycles. The Morgan fingerprint density at radius 1 is 1.38 bits per heavy atom. The first-order chi connectivity index (χ1) is 3.91. The monoisotopic (exact) mass is 111 g/mol. The molecule has 0 aromatic carbocycles. The quantitative estimate of drug-likeness (QED) is 0.457. The molecule has 2 N–H and O–H groups in total. The van der Waals surface area contributed by atoms with E-state index in [4.69, 9.17) is 4.79 Å². The lowest BCUT2D eigenvalue weighted by atomic mass is 10.5. The summed E-state index contributed by atoms with van der Waals surface area (Å²) in [5, 5.41) is 0. The molecule has 0 atom stereocenters. The molecule has 0 aromatic heterocycles. The van der Waals surface area contributed by atoms with Gasteiger partial charge < -0.3 is 5.73 Å². The summed E-state index contributed by atoms with van der Waals surface area (Å²) >= 11 is 0. The van der Waals surface area contributed by atoms with Gasteiger partial charge in [0.2, 0.25) is 6.41 Å². The van der Waals surface area contributed by atoms with Crippen LogP contribution in [0.1, 0.15) is 6.42 Å². The van der Waals surface area contributed by atoms with Gasteiger partial charge in [0.1, 0.15) is 0 Å². The first kappa shape index (κ1) is 6.95. The molecule has 1 aliphatic carbocycles. The highest BCUT2D eigenvalue weighted by Gasteiger charge is 1.72. The second-order valence-corrected chi connectivity index (χ2v) is 1.23. The summed E-state index contributed by atoms with van der Waals surface area (Å²) in [4.78, 5) is 8.58. The summed E-state index contributed by atoms with van der Waals surface area (Å²) in [7, 11) is 0. The maximum atomic E-state index is 8.58. The van der Waals surface area contributed by atoms with Crippen molar-refractivity contribution in [3.63, 3.8) is 0 Å². The molecule has 1 rings (SSSR count). The van der Waals surface area contributed by atoms with Crippen LogP contribution in [0.2, 0.25) is 0 Å². The van der Waals surface area contributed by atoms with E-state index in [1.807, 2.05) is 0 Å². The fourth-order valence-electron chi connectivity index (χ4n) is 0.393. The molecule has 0 radical (unpaired) electrons. The minimum absolute atomic E-state index is 0.250. The van der Waals surface area contributed by atoms with E-state index in [1.165, 1.54) is 0 Å². The second kappa shape index (κ2) is 5.95. The van der Waals surface area contributed by atoms with Crippen LogP contribution in [0.4, 0.5) is 0 Å². The Kier molecular flexibility index (Phi) is 5.17. The Balaban J connectivity index is 0.000000145. The topological polar surface area (TPSA) is 43.1 Å². The highest BCUT2D eigenvalue weighted by Crippen LogP contribution is 1.93. The Labute approximate surface area is 48.7 Å². The summed E-state index contributed by atoms with van der Waals surface area (Å²) in [5.74, 6) is 0. The molecule has 8 heavy (non-hydrogen) atoms. The molecule has 0 aromatic rings. The van der Waals surface area contributed by atoms with E-state index >= 15 is 0 Å². The minimum Gasteiger partial charge on any atom is -0.372 e. The number of hydrogen-bond acceptors (Lipinski definition) is 1. The minimum atomic E-state index is 0.250. The van der Waals surface area contributed by atoms with Gasteiger partial charge in [0.25, 0.3) is 0 Å². The maximum Gasteiger partial charge on any atom is 0.204 e. The van der Waals surface area contributed by atoms with Crippen molar-refractivity contribution >= 4 is 6.41 Å². The summed E-state index contributed by atoms with van der Waals surface area (Å²) < 4.78 is 0. The van der Waals surface area contributed by atoms with Gasteiger partial charge >= 0.3 is 0 Å². The molecular formula is C6H9NO. The van der Waals surface area contributed by atoms with Gasteiger partial charge in [-0.3, -0.25) is 4.79 Å². The summed E-state index contributed by atoms with van der Waals surface area (Å²) in [6, 6.07) is 0. The smallest absolute Gasteiger partial charge is 0.204 e. The third kappa shape index (κ3) is 4.95. The standard InChI is InChI=1S/C5H6.CH3NO/c1-2-4-5-3-1;2-1-3/h1-4H,5H2;1H,(H2,2,3). The first-order valence-electron chi connectivity index (χ1n) is 2.39. The maximum absolute atomic E-state index is 8.58. The SMILES string of the molecule is C1=CCC=C1.NC=O. The zero-order valence-electron chi connectivity index (χ0n) is 4.58. The van der Waals surface area contributed by atoms with Crippen LogP contribution < -0.4 is 5.73 Å². The number of carbonyl (C=O) groups excluding carboxylic acids is 1. The van der Waals surface area contributed by atoms with Crippen LogP contribution in [0.3, 0.4) is 0 Å². The Bertz CT molecular complexity index is 95.1. The number of primary amides is 1. The zero-order valence-corrected chi connectivity index (χ0v) is 4.58. The third-order valence-electron chi connectivity index (χ3n) is 0.655. The van der Waals surface area contributed by atoms with Crippen molar-refractivity contribution in [1.82, 2.24) is 0 Å². The van der Waals surface area contributed by atoms with Crippen molar-refractivity contribution in [2.24, 2.45) is 5.73 Å². The summed E-state index contributed by atoms with van der Waals surface area (Å²) in [6.07, 6.45) is 9.75. The van der Waals surface area contributed by atoms with Gasteiger partial charge in [-0.25, -0.2) is 0 Å². The first-order valence-corrected chi connectivity index (χ1v) is 2.39. The van der Waals surface area contributed by atoms with Gasteiger partial charge in [0, 0.05) is 0 Å². The zero-order chi connectivity index (χ0) is 6.24. The van der Waals surface area contributed by atoms with Gasteiger partial charge in [-0.2, -0.15) is 0 Å². The molecule has 44 valence electrons. The van der Waals surface area contributed by atoms with Crippen LogP contribution in [0.5, 0.6) is 0 Å². The van der Waals surface area contributed by atoms with Crippen molar-refractivity contribution < 1.29 is 4.79 Å². The molecule has 1 aliphatic rings. The second-order valence-electron chi connectivity index (χ2n) is 1.23. The summed E-state index contributed by atoms with van der Waals surface area (Å²) in [5.41, 5.74) is 4.17. The van der Waals surface area contributed by atoms with Crippen LogP contribution in [0.15, 0.2) is 24.3 Å². The normalized spacial score (nSPS) is 12.5. The number of rotatable bonds is 0. The van der Waals surface area contributed by atoms with Crippen LogP contribution in [-0.4, -0.2) is 6.41 Å². The van der Waals surface area contributed by atoms with E-state index in [0.29, 0.717) is 0 Å². The fraction of sp³-hybridized carbons (Fsp3) is 0.167. The van der Waals surface area contributed by atoms with Crippen LogP contribution in [0, 0.1) is 0 Å². The van der Waals surface area contributed by atoms with E-state index in [9.17, 15) is 0 Å². The highest BCUT2D eigenvalue weighted by atomic mass is 16.1. The highest BCUT2D eigenvalue weighted by molar-refractivity contribution is 5.42. The molecule has 0 heterocycles. The largest absolute Gasteiger partial charge is 0.372 e. The van der Waals surface area contributed by atoms with Crippen LogP contribution in [-0.2, 0) is 4.79 Å². The van der Waals surface area contributed by atoms with Gasteiger partial charge in [-0.15, -0.1) is 0 Å². The van der Waals surface area contributed by atoms with E-state index in [0.717, 1.165) is 6.42 Å². The number of hydrogen-bond donors (Lipinski definition) is 1. The lowest BCUT2D eigenvalue weighted by Crippen LogP contribution is -1.82. The Morgan fingerprint density at radius 2 is 1.75 bits per heavy atom. The van der Waals surface area contributed by atoms with Crippen molar-refractivity contribution in [2.75, 3.05) is 0 Å². The molecule has 0 unspecified atom stereocenters. The molecule has 0 aliphatic heterocycles. The van der Waals surface area contributed by atoms with Gasteiger partial charge in [-0.1, -0.05) is 24.3 Å². The Morgan fingerprint density at radius 3 is 1.88 bits per heavy atom. The fourth-order valence-corrected chi connectivity index (χ4v) is 0.393. The third-order valence-corrected chi connectivity index (χ3v) is 0.655. The van der Waals surface area contributed by atoms with E-state index in [2.05, 4.69) is 30.0 Å². The van der Waals surface area contributed by atoms with Crippen molar-refractivity contribution in [3.05, 3.63) is 24.3 Å². The predicted octanol–water partition coefficient (Wildman–Crippen LogP) is 0.604. The average Bonchev–Trinajstić information content (AvgIpc) is 2.17. The number of nitrogens with two attached hydrogens (primary N) is 1. The van der Waals surface area contributed by atoms with Crippen molar-refractivity contribution in [1.29, 1.82) is 0 Å². The molecule has 0 saturated heterocycles. The number of allylic oxidation sites excluding steroid dienone is 4. The molecule has 2 heteroatoms. The lowest BCUT2D eigenvalue weighted by molar-refractivity contribution is -0.106. The molecule has 1 amide bonds. The van der Waals surface area contributed by atoms with Crippen molar-refractivity contribution in [2.45, 2.75) is 6.42 Å².